The van der Waals surface area contributed by atoms with Crippen LogP contribution in [0.5, 0.6) is 0 Å². The molecule has 6 nitrogen and oxygen atoms in total. The molecule has 90 valence electrons. The lowest BCUT2D eigenvalue weighted by Gasteiger charge is -2.18. The highest BCUT2D eigenvalue weighted by Gasteiger charge is 2.29. The van der Waals surface area contributed by atoms with Gasteiger partial charge >= 0.3 is 0 Å². The quantitative estimate of drug-likeness (QED) is 0.617. The summed E-state index contributed by atoms with van der Waals surface area (Å²) in [4.78, 5) is 31.6. The van der Waals surface area contributed by atoms with Crippen LogP contribution >= 0.6 is 11.6 Å². The summed E-state index contributed by atoms with van der Waals surface area (Å²) < 4.78 is 0. The summed E-state index contributed by atoms with van der Waals surface area (Å²) in [5.74, 6) is -0.0766. The Morgan fingerprint density at radius 3 is 2.94 bits per heavy atom. The Kier molecular flexibility index (Phi) is 3.23. The number of nitrogens with two attached hydrogens (primary N) is 1. The van der Waals surface area contributed by atoms with E-state index in [0.717, 1.165) is 0 Å². The van der Waals surface area contributed by atoms with Gasteiger partial charge in [0, 0.05) is 13.1 Å². The first-order chi connectivity index (χ1) is 8.13. The molecule has 2 heterocycles. The van der Waals surface area contributed by atoms with Gasteiger partial charge in [0.25, 0.3) is 0 Å². The lowest BCUT2D eigenvalue weighted by molar-refractivity contribution is -0.121. The van der Waals surface area contributed by atoms with Crippen LogP contribution in [0, 0.1) is 5.92 Å². The van der Waals surface area contributed by atoms with Gasteiger partial charge in [0.1, 0.15) is 17.3 Å². The molecule has 1 amide bonds. The second kappa shape index (κ2) is 4.67. The summed E-state index contributed by atoms with van der Waals surface area (Å²) in [6, 6.07) is 0. The van der Waals surface area contributed by atoms with E-state index in [2.05, 4.69) is 9.97 Å². The van der Waals surface area contributed by atoms with Crippen molar-refractivity contribution in [1.29, 1.82) is 0 Å². The molecule has 1 atom stereocenters. The Labute approximate surface area is 103 Å². The molecular formula is C10H11ClN4O2. The number of carbonyl (C=O) groups is 2. The van der Waals surface area contributed by atoms with E-state index in [4.69, 9.17) is 17.3 Å². The first-order valence-electron chi connectivity index (χ1n) is 5.13. The fourth-order valence-electron chi connectivity index (χ4n) is 1.90. The van der Waals surface area contributed by atoms with E-state index in [1.807, 2.05) is 4.90 Å². The summed E-state index contributed by atoms with van der Waals surface area (Å²) in [5.41, 5.74) is 5.49. The van der Waals surface area contributed by atoms with Crippen LogP contribution in [0.4, 0.5) is 5.82 Å². The zero-order chi connectivity index (χ0) is 12.4. The predicted molar refractivity (Wildman–Crippen MR) is 61.9 cm³/mol. The maximum Gasteiger partial charge on any atom is 0.222 e. The average molecular weight is 255 g/mol. The normalized spacial score (nSPS) is 19.4. The van der Waals surface area contributed by atoms with Crippen LogP contribution in [-0.2, 0) is 4.79 Å². The number of amides is 1. The Morgan fingerprint density at radius 2 is 2.35 bits per heavy atom. The first-order valence-corrected chi connectivity index (χ1v) is 5.51. The molecule has 1 fully saturated rings. The molecule has 1 aliphatic rings. The second-order valence-corrected chi connectivity index (χ2v) is 4.21. The molecule has 1 aliphatic heterocycles. The van der Waals surface area contributed by atoms with Crippen molar-refractivity contribution in [3.63, 3.8) is 0 Å². The van der Waals surface area contributed by atoms with E-state index >= 15 is 0 Å². The van der Waals surface area contributed by atoms with Crippen LogP contribution in [0.1, 0.15) is 16.8 Å². The van der Waals surface area contributed by atoms with E-state index in [1.54, 1.807) is 0 Å². The maximum atomic E-state index is 11.1. The smallest absolute Gasteiger partial charge is 0.222 e. The summed E-state index contributed by atoms with van der Waals surface area (Å²) in [6.45, 7) is 1.09. The Balaban J connectivity index is 2.27. The lowest BCUT2D eigenvalue weighted by atomic mass is 10.1. The minimum Gasteiger partial charge on any atom is -0.369 e. The van der Waals surface area contributed by atoms with Crippen LogP contribution in [0.2, 0.25) is 5.15 Å². The number of hydrogen-bond donors (Lipinski definition) is 1. The van der Waals surface area contributed by atoms with Crippen molar-refractivity contribution in [1.82, 2.24) is 9.97 Å². The van der Waals surface area contributed by atoms with Crippen molar-refractivity contribution >= 4 is 29.6 Å². The van der Waals surface area contributed by atoms with Crippen molar-refractivity contribution in [3.8, 4) is 0 Å². The number of primary amides is 1. The van der Waals surface area contributed by atoms with Gasteiger partial charge in [-0.25, -0.2) is 9.97 Å². The number of nitrogens with zero attached hydrogens (tertiary/aromatic N) is 3. The van der Waals surface area contributed by atoms with Gasteiger partial charge < -0.3 is 10.6 Å². The van der Waals surface area contributed by atoms with Crippen LogP contribution in [0.15, 0.2) is 6.33 Å². The molecule has 1 aromatic rings. The van der Waals surface area contributed by atoms with Gasteiger partial charge in [-0.05, 0) is 6.42 Å². The lowest BCUT2D eigenvalue weighted by Crippen LogP contribution is -2.28. The molecule has 0 saturated carbocycles. The van der Waals surface area contributed by atoms with Crippen LogP contribution < -0.4 is 10.6 Å². The maximum absolute atomic E-state index is 11.1. The number of rotatable bonds is 3. The molecule has 2 rings (SSSR count). The summed E-state index contributed by atoms with van der Waals surface area (Å²) in [7, 11) is 0. The Morgan fingerprint density at radius 1 is 1.59 bits per heavy atom. The molecule has 0 bridgehead atoms. The van der Waals surface area contributed by atoms with E-state index in [1.165, 1.54) is 6.33 Å². The van der Waals surface area contributed by atoms with Gasteiger partial charge in [0.15, 0.2) is 6.29 Å². The molecule has 0 radical (unpaired) electrons. The van der Waals surface area contributed by atoms with Crippen molar-refractivity contribution in [2.45, 2.75) is 6.42 Å². The van der Waals surface area contributed by atoms with Crippen LogP contribution in [0.25, 0.3) is 0 Å². The molecule has 0 spiro atoms. The van der Waals surface area contributed by atoms with Gasteiger partial charge in [-0.3, -0.25) is 9.59 Å². The molecule has 1 unspecified atom stereocenters. The number of carbonyl (C=O) groups excluding carboxylic acids is 2. The number of aldehydes is 1. The van der Waals surface area contributed by atoms with E-state index in [0.29, 0.717) is 31.6 Å². The third-order valence-electron chi connectivity index (χ3n) is 2.82. The largest absolute Gasteiger partial charge is 0.369 e. The number of aromatic nitrogens is 2. The first kappa shape index (κ1) is 11.8. The van der Waals surface area contributed by atoms with E-state index in [-0.39, 0.29) is 22.5 Å². The third-order valence-corrected chi connectivity index (χ3v) is 3.12. The highest BCUT2D eigenvalue weighted by molar-refractivity contribution is 6.32. The van der Waals surface area contributed by atoms with Crippen LogP contribution in [-0.4, -0.2) is 35.3 Å². The van der Waals surface area contributed by atoms with Crippen molar-refractivity contribution < 1.29 is 9.59 Å². The fraction of sp³-hybridized carbons (Fsp3) is 0.400. The van der Waals surface area contributed by atoms with E-state index < -0.39 is 0 Å². The standard InChI is InChI=1S/C10H11ClN4O2/c11-8-7(4-16)10(14-5-13-8)15-2-1-6(3-15)9(12)17/h4-6H,1-3H2,(H2,12,17). The Bertz CT molecular complexity index is 466. The predicted octanol–water partition coefficient (Wildman–Crippen LogP) is 0.254. The van der Waals surface area contributed by atoms with E-state index in [9.17, 15) is 9.59 Å². The SMILES string of the molecule is NC(=O)C1CCN(c2ncnc(Cl)c2C=O)C1. The molecule has 17 heavy (non-hydrogen) atoms. The van der Waals surface area contributed by atoms with Gasteiger partial charge in [0.2, 0.25) is 5.91 Å². The highest BCUT2D eigenvalue weighted by Crippen LogP contribution is 2.26. The molecule has 7 heteroatoms. The topological polar surface area (TPSA) is 89.2 Å². The molecule has 0 aromatic carbocycles. The van der Waals surface area contributed by atoms with Crippen molar-refractivity contribution in [2.75, 3.05) is 18.0 Å². The summed E-state index contributed by atoms with van der Waals surface area (Å²) >= 11 is 5.81. The van der Waals surface area contributed by atoms with Gasteiger partial charge in [-0.15, -0.1) is 0 Å². The summed E-state index contributed by atoms with van der Waals surface area (Å²) in [5, 5.41) is 0.118. The average Bonchev–Trinajstić information content (AvgIpc) is 2.77. The van der Waals surface area contributed by atoms with Crippen LogP contribution in [0.3, 0.4) is 0 Å². The van der Waals surface area contributed by atoms with Gasteiger partial charge in [-0.1, -0.05) is 11.6 Å². The zero-order valence-corrected chi connectivity index (χ0v) is 9.72. The molecular weight excluding hydrogens is 244 g/mol. The number of hydrogen-bond acceptors (Lipinski definition) is 5. The third kappa shape index (κ3) is 2.21. The molecule has 1 saturated heterocycles. The molecule has 0 aliphatic carbocycles. The van der Waals surface area contributed by atoms with Gasteiger partial charge in [-0.2, -0.15) is 0 Å². The van der Waals surface area contributed by atoms with Gasteiger partial charge in [0.05, 0.1) is 11.5 Å². The summed E-state index contributed by atoms with van der Waals surface area (Å²) in [6.07, 6.45) is 2.58. The highest BCUT2D eigenvalue weighted by atomic mass is 35.5. The molecule has 2 N–H and O–H groups in total. The molecule has 1 aromatic heterocycles. The number of halogens is 1. The zero-order valence-electron chi connectivity index (χ0n) is 8.97. The fourth-order valence-corrected chi connectivity index (χ4v) is 2.08. The van der Waals surface area contributed by atoms with Crippen molar-refractivity contribution in [3.05, 3.63) is 17.0 Å². The minimum absolute atomic E-state index is 0.118. The second-order valence-electron chi connectivity index (χ2n) is 3.85. The monoisotopic (exact) mass is 254 g/mol. The number of anilines is 1. The van der Waals surface area contributed by atoms with Crippen molar-refractivity contribution in [2.24, 2.45) is 11.7 Å². The Hall–Kier alpha value is -1.69. The minimum atomic E-state index is -0.333.